The van der Waals surface area contributed by atoms with Crippen LogP contribution in [-0.4, -0.2) is 18.2 Å². The van der Waals surface area contributed by atoms with Crippen molar-refractivity contribution in [3.63, 3.8) is 0 Å². The van der Waals surface area contributed by atoms with Crippen molar-refractivity contribution in [3.8, 4) is 6.07 Å². The molecule has 0 aliphatic rings. The van der Waals surface area contributed by atoms with Crippen LogP contribution in [-0.2, 0) is 11.3 Å². The Balaban J connectivity index is 3.38. The van der Waals surface area contributed by atoms with E-state index in [1.807, 2.05) is 6.07 Å². The molecule has 5 heteroatoms. The van der Waals surface area contributed by atoms with Crippen molar-refractivity contribution in [3.05, 3.63) is 28.8 Å². The largest absolute Gasteiger partial charge is 0.465 e. The molecule has 1 rings (SSSR count). The second-order valence-electron chi connectivity index (χ2n) is 2.79. The molecule has 4 nitrogen and oxygen atoms in total. The maximum absolute atomic E-state index is 11.3. The quantitative estimate of drug-likeness (QED) is 0.582. The van der Waals surface area contributed by atoms with Gasteiger partial charge in [0, 0.05) is 4.90 Å². The van der Waals surface area contributed by atoms with Crippen molar-refractivity contribution in [2.24, 2.45) is 0 Å². The van der Waals surface area contributed by atoms with Gasteiger partial charge in [0.1, 0.15) is 0 Å². The van der Waals surface area contributed by atoms with Crippen LogP contribution in [0.1, 0.15) is 21.5 Å². The molecule has 0 atom stereocenters. The van der Waals surface area contributed by atoms with Crippen molar-refractivity contribution < 1.29 is 14.6 Å². The molecule has 0 bridgehead atoms. The van der Waals surface area contributed by atoms with Gasteiger partial charge in [0.25, 0.3) is 0 Å². The SMILES string of the molecule is COC(=O)c1cc(C#N)cc(CO)c1S. The minimum Gasteiger partial charge on any atom is -0.465 e. The molecule has 1 aromatic carbocycles. The van der Waals surface area contributed by atoms with Crippen molar-refractivity contribution in [2.45, 2.75) is 11.5 Å². The maximum Gasteiger partial charge on any atom is 0.339 e. The van der Waals surface area contributed by atoms with Crippen LogP contribution >= 0.6 is 12.6 Å². The molecule has 0 radical (unpaired) electrons. The fourth-order valence-corrected chi connectivity index (χ4v) is 1.44. The number of ether oxygens (including phenoxy) is 1. The average molecular weight is 223 g/mol. The van der Waals surface area contributed by atoms with E-state index in [4.69, 9.17) is 10.4 Å². The normalized spacial score (nSPS) is 9.47. The monoisotopic (exact) mass is 223 g/mol. The zero-order valence-corrected chi connectivity index (χ0v) is 8.91. The van der Waals surface area contributed by atoms with Crippen LogP contribution in [0, 0.1) is 11.3 Å². The first-order valence-corrected chi connectivity index (χ1v) is 4.54. The fourth-order valence-electron chi connectivity index (χ4n) is 1.15. The third-order valence-electron chi connectivity index (χ3n) is 1.89. The fraction of sp³-hybridized carbons (Fsp3) is 0.200. The summed E-state index contributed by atoms with van der Waals surface area (Å²) in [6.07, 6.45) is 0. The molecule has 1 N–H and O–H groups in total. The van der Waals surface area contributed by atoms with Crippen LogP contribution in [0.25, 0.3) is 0 Å². The molecule has 0 heterocycles. The second kappa shape index (κ2) is 4.82. The summed E-state index contributed by atoms with van der Waals surface area (Å²) in [5, 5.41) is 17.7. The number of aliphatic hydroxyl groups excluding tert-OH is 1. The number of thiol groups is 1. The number of esters is 1. The Labute approximate surface area is 92.5 Å². The van der Waals surface area contributed by atoms with E-state index in [1.165, 1.54) is 19.2 Å². The van der Waals surface area contributed by atoms with E-state index in [0.717, 1.165) is 0 Å². The van der Waals surface area contributed by atoms with Gasteiger partial charge in [-0.05, 0) is 17.7 Å². The summed E-state index contributed by atoms with van der Waals surface area (Å²) in [7, 11) is 1.24. The van der Waals surface area contributed by atoms with Crippen LogP contribution < -0.4 is 0 Å². The lowest BCUT2D eigenvalue weighted by atomic mass is 10.1. The molecule has 0 aliphatic carbocycles. The number of aliphatic hydroxyl groups is 1. The summed E-state index contributed by atoms with van der Waals surface area (Å²) in [5.74, 6) is -0.577. The van der Waals surface area contributed by atoms with Gasteiger partial charge in [0.05, 0.1) is 30.9 Å². The number of nitrogens with zero attached hydrogens (tertiary/aromatic N) is 1. The van der Waals surface area contributed by atoms with E-state index in [0.29, 0.717) is 10.5 Å². The Morgan fingerprint density at radius 3 is 2.80 bits per heavy atom. The van der Waals surface area contributed by atoms with Crippen LogP contribution in [0.4, 0.5) is 0 Å². The third kappa shape index (κ3) is 2.29. The number of benzene rings is 1. The van der Waals surface area contributed by atoms with E-state index >= 15 is 0 Å². The lowest BCUT2D eigenvalue weighted by Crippen LogP contribution is -2.05. The number of nitriles is 1. The van der Waals surface area contributed by atoms with Gasteiger partial charge in [-0.3, -0.25) is 0 Å². The zero-order chi connectivity index (χ0) is 11.4. The lowest BCUT2D eigenvalue weighted by molar-refractivity contribution is 0.0596. The van der Waals surface area contributed by atoms with Crippen LogP contribution in [0.15, 0.2) is 17.0 Å². The van der Waals surface area contributed by atoms with Gasteiger partial charge in [-0.2, -0.15) is 5.26 Å². The lowest BCUT2D eigenvalue weighted by Gasteiger charge is -2.07. The van der Waals surface area contributed by atoms with Gasteiger partial charge in [0.15, 0.2) is 0 Å². The van der Waals surface area contributed by atoms with E-state index in [2.05, 4.69) is 17.4 Å². The number of methoxy groups -OCH3 is 1. The molecule has 0 unspecified atom stereocenters. The topological polar surface area (TPSA) is 70.3 Å². The molecule has 78 valence electrons. The van der Waals surface area contributed by atoms with E-state index in [1.54, 1.807) is 0 Å². The van der Waals surface area contributed by atoms with Crippen molar-refractivity contribution in [1.29, 1.82) is 5.26 Å². The van der Waals surface area contributed by atoms with Gasteiger partial charge in [0.2, 0.25) is 0 Å². The molecule has 0 saturated carbocycles. The number of hydrogen-bond acceptors (Lipinski definition) is 5. The van der Waals surface area contributed by atoms with Gasteiger partial charge in [-0.1, -0.05) is 0 Å². The van der Waals surface area contributed by atoms with E-state index in [-0.39, 0.29) is 17.7 Å². The smallest absolute Gasteiger partial charge is 0.339 e. The highest BCUT2D eigenvalue weighted by molar-refractivity contribution is 7.80. The predicted molar refractivity (Wildman–Crippen MR) is 55.7 cm³/mol. The van der Waals surface area contributed by atoms with Crippen molar-refractivity contribution in [2.75, 3.05) is 7.11 Å². The minimum absolute atomic E-state index is 0.184. The molecule has 0 amide bonds. The second-order valence-corrected chi connectivity index (χ2v) is 3.24. The predicted octanol–water partition coefficient (Wildman–Crippen LogP) is 1.13. The molecular formula is C10H9NO3S. The first-order valence-electron chi connectivity index (χ1n) is 4.09. The standard InChI is InChI=1S/C10H9NO3S/c1-14-10(13)8-3-6(4-11)2-7(5-12)9(8)15/h2-3,12,15H,5H2,1H3. The third-order valence-corrected chi connectivity index (χ3v) is 2.42. The molecule has 0 fully saturated rings. The number of rotatable bonds is 2. The number of carbonyl (C=O) groups is 1. The van der Waals surface area contributed by atoms with Crippen LogP contribution in [0.2, 0.25) is 0 Å². The van der Waals surface area contributed by atoms with Crippen LogP contribution in [0.3, 0.4) is 0 Å². The first-order chi connectivity index (χ1) is 7.13. The highest BCUT2D eigenvalue weighted by Crippen LogP contribution is 2.22. The Hall–Kier alpha value is -1.51. The molecule has 0 aromatic heterocycles. The van der Waals surface area contributed by atoms with Gasteiger partial charge >= 0.3 is 5.97 Å². The average Bonchev–Trinajstić information content (AvgIpc) is 2.28. The first kappa shape index (κ1) is 11.6. The Morgan fingerprint density at radius 1 is 1.67 bits per heavy atom. The summed E-state index contributed by atoms with van der Waals surface area (Å²) >= 11 is 4.10. The molecule has 0 saturated heterocycles. The van der Waals surface area contributed by atoms with Crippen molar-refractivity contribution >= 4 is 18.6 Å². The highest BCUT2D eigenvalue weighted by Gasteiger charge is 2.14. The summed E-state index contributed by atoms with van der Waals surface area (Å²) in [4.78, 5) is 11.6. The molecule has 1 aromatic rings. The van der Waals surface area contributed by atoms with E-state index in [9.17, 15) is 4.79 Å². The minimum atomic E-state index is -0.577. The molecule has 15 heavy (non-hydrogen) atoms. The Bertz CT molecular complexity index is 437. The van der Waals surface area contributed by atoms with Gasteiger partial charge < -0.3 is 9.84 Å². The van der Waals surface area contributed by atoms with Crippen LogP contribution in [0.5, 0.6) is 0 Å². The molecule has 0 spiro atoms. The Morgan fingerprint density at radius 2 is 2.33 bits per heavy atom. The summed E-state index contributed by atoms with van der Waals surface area (Å²) in [6, 6.07) is 4.76. The molecule has 0 aliphatic heterocycles. The van der Waals surface area contributed by atoms with Crippen molar-refractivity contribution in [1.82, 2.24) is 0 Å². The summed E-state index contributed by atoms with van der Waals surface area (Å²) < 4.78 is 4.54. The number of hydrogen-bond donors (Lipinski definition) is 2. The number of carbonyl (C=O) groups excluding carboxylic acids is 1. The zero-order valence-electron chi connectivity index (χ0n) is 8.02. The van der Waals surface area contributed by atoms with Gasteiger partial charge in [-0.25, -0.2) is 4.79 Å². The van der Waals surface area contributed by atoms with Gasteiger partial charge in [-0.15, -0.1) is 12.6 Å². The molecular weight excluding hydrogens is 214 g/mol. The highest BCUT2D eigenvalue weighted by atomic mass is 32.1. The Kier molecular flexibility index (Phi) is 3.72. The maximum atomic E-state index is 11.3. The summed E-state index contributed by atoms with van der Waals surface area (Å²) in [6.45, 7) is -0.279. The summed E-state index contributed by atoms with van der Waals surface area (Å²) in [5.41, 5.74) is 0.902. The van der Waals surface area contributed by atoms with E-state index < -0.39 is 5.97 Å².